The third-order valence-corrected chi connectivity index (χ3v) is 7.68. The van der Waals surface area contributed by atoms with E-state index in [0.29, 0.717) is 28.0 Å². The van der Waals surface area contributed by atoms with Crippen molar-refractivity contribution in [3.8, 4) is 22.9 Å². The van der Waals surface area contributed by atoms with Gasteiger partial charge < -0.3 is 19.5 Å². The average molecular weight is 481 g/mol. The van der Waals surface area contributed by atoms with Crippen molar-refractivity contribution in [2.45, 2.75) is 44.9 Å². The van der Waals surface area contributed by atoms with Crippen LogP contribution in [0.15, 0.2) is 54.6 Å². The topological polar surface area (TPSA) is 78.4 Å². The van der Waals surface area contributed by atoms with Gasteiger partial charge in [0.05, 0.1) is 16.1 Å². The minimum absolute atomic E-state index is 0.320. The molecule has 0 saturated heterocycles. The van der Waals surface area contributed by atoms with Gasteiger partial charge in [-0.15, -0.1) is 0 Å². The molecule has 1 aliphatic rings. The summed E-state index contributed by atoms with van der Waals surface area (Å²) >= 11 is 6.63. The van der Waals surface area contributed by atoms with E-state index in [2.05, 4.69) is 34.2 Å². The molecule has 0 spiro atoms. The molecule has 7 heteroatoms. The molecule has 33 heavy (non-hydrogen) atoms. The molecule has 4 aromatic rings. The quantitative estimate of drug-likeness (QED) is 0.270. The van der Waals surface area contributed by atoms with Gasteiger partial charge >= 0.3 is 0 Å². The monoisotopic (exact) mass is 480 g/mol. The number of ether oxygens (including phenoxy) is 1. The Bertz CT molecular complexity index is 1280. The summed E-state index contributed by atoms with van der Waals surface area (Å²) in [5.41, 5.74) is 5.73. The van der Waals surface area contributed by atoms with Crippen LogP contribution in [0.5, 0.6) is 11.8 Å². The molecular formula is C26H26ClN2O3P. The lowest BCUT2D eigenvalue weighted by molar-refractivity contribution is 0.443. The van der Waals surface area contributed by atoms with Crippen molar-refractivity contribution >= 4 is 36.3 Å². The Hall–Kier alpha value is -2.43. The molecule has 3 N–H and O–H groups in total. The van der Waals surface area contributed by atoms with E-state index in [9.17, 15) is 9.79 Å². The molecule has 1 saturated carbocycles. The number of aromatic amines is 1. The maximum Gasteiger partial charge on any atom is 0.300 e. The van der Waals surface area contributed by atoms with Crippen molar-refractivity contribution in [3.63, 3.8) is 0 Å². The number of aryl methyl sites for hydroxylation is 1. The van der Waals surface area contributed by atoms with Crippen LogP contribution in [-0.4, -0.2) is 19.8 Å². The number of hydrogen-bond acceptors (Lipinski definition) is 4. The summed E-state index contributed by atoms with van der Waals surface area (Å²) < 4.78 is 5.86. The fourth-order valence-electron chi connectivity index (χ4n) is 4.63. The lowest BCUT2D eigenvalue weighted by atomic mass is 9.84. The number of hydrogen-bond donors (Lipinski definition) is 3. The number of fused-ring (bicyclic) bond motifs is 1. The zero-order chi connectivity index (χ0) is 22.9. The van der Waals surface area contributed by atoms with Crippen LogP contribution in [0.25, 0.3) is 22.2 Å². The molecule has 5 nitrogen and oxygen atoms in total. The van der Waals surface area contributed by atoms with Gasteiger partial charge in [-0.1, -0.05) is 61.2 Å². The van der Waals surface area contributed by atoms with Crippen LogP contribution in [0, 0.1) is 6.92 Å². The molecule has 1 heterocycles. The lowest BCUT2D eigenvalue weighted by Gasteiger charge is -2.22. The first-order valence-electron chi connectivity index (χ1n) is 11.2. The molecule has 0 amide bonds. The summed E-state index contributed by atoms with van der Waals surface area (Å²) in [4.78, 5) is 26.9. The standard InChI is InChI=1S/C26H26ClN2O3P/c1-16-7-12-20(13-25(16)33(30)31)32-26-28-23-14-21(22(27)15-24(23)29-26)19-10-8-18(9-11-19)17-5-3-2-4-6-17/h7-15,17,30-31H,2-6H2,1H3,(H,28,29). The van der Waals surface area contributed by atoms with E-state index in [1.54, 1.807) is 18.2 Å². The van der Waals surface area contributed by atoms with Crippen LogP contribution in [0.4, 0.5) is 0 Å². The minimum Gasteiger partial charge on any atom is -0.426 e. The molecule has 5 rings (SSSR count). The molecular weight excluding hydrogens is 455 g/mol. The predicted molar refractivity (Wildman–Crippen MR) is 135 cm³/mol. The zero-order valence-electron chi connectivity index (χ0n) is 18.4. The van der Waals surface area contributed by atoms with Crippen LogP contribution >= 0.6 is 20.0 Å². The van der Waals surface area contributed by atoms with E-state index in [0.717, 1.165) is 27.7 Å². The summed E-state index contributed by atoms with van der Waals surface area (Å²) in [6, 6.07) is 18.1. The van der Waals surface area contributed by atoms with Gasteiger partial charge in [0.15, 0.2) is 8.38 Å². The van der Waals surface area contributed by atoms with Gasteiger partial charge in [-0.25, -0.2) is 0 Å². The molecule has 1 aliphatic carbocycles. The van der Waals surface area contributed by atoms with Gasteiger partial charge in [-0.3, -0.25) is 0 Å². The zero-order valence-corrected chi connectivity index (χ0v) is 20.0. The Morgan fingerprint density at radius 3 is 2.48 bits per heavy atom. The van der Waals surface area contributed by atoms with E-state index in [4.69, 9.17) is 16.3 Å². The summed E-state index contributed by atoms with van der Waals surface area (Å²) in [6.45, 7) is 1.83. The molecule has 0 radical (unpaired) electrons. The molecule has 0 unspecified atom stereocenters. The maximum atomic E-state index is 9.60. The highest BCUT2D eigenvalue weighted by molar-refractivity contribution is 7.54. The highest BCUT2D eigenvalue weighted by atomic mass is 35.5. The van der Waals surface area contributed by atoms with Crippen LogP contribution in [0.1, 0.15) is 49.1 Å². The second-order valence-corrected chi connectivity index (χ2v) is 10.2. The van der Waals surface area contributed by atoms with Crippen molar-refractivity contribution in [2.24, 2.45) is 0 Å². The van der Waals surface area contributed by atoms with E-state index in [1.807, 2.05) is 19.1 Å². The van der Waals surface area contributed by atoms with Crippen molar-refractivity contribution in [1.29, 1.82) is 0 Å². The van der Waals surface area contributed by atoms with Gasteiger partial charge in [0.2, 0.25) is 0 Å². The van der Waals surface area contributed by atoms with E-state index in [1.165, 1.54) is 37.7 Å². The number of benzene rings is 3. The SMILES string of the molecule is Cc1ccc(Oc2nc3cc(-c4ccc(C5CCCCC5)cc4)c(Cl)cc3[nH]2)cc1P(O)O. The number of H-pyrrole nitrogens is 1. The number of imidazole rings is 1. The third-order valence-electron chi connectivity index (χ3n) is 6.46. The number of nitrogens with zero attached hydrogens (tertiary/aromatic N) is 1. The minimum atomic E-state index is -2.20. The summed E-state index contributed by atoms with van der Waals surface area (Å²) in [7, 11) is -2.20. The molecule has 0 bridgehead atoms. The number of nitrogens with one attached hydrogen (secondary N) is 1. The first-order valence-corrected chi connectivity index (χ1v) is 12.9. The van der Waals surface area contributed by atoms with E-state index >= 15 is 0 Å². The fraction of sp³-hybridized carbons (Fsp3) is 0.269. The van der Waals surface area contributed by atoms with Gasteiger partial charge in [0.1, 0.15) is 5.75 Å². The van der Waals surface area contributed by atoms with Crippen molar-refractivity contribution in [2.75, 3.05) is 0 Å². The second-order valence-electron chi connectivity index (χ2n) is 8.69. The Morgan fingerprint density at radius 2 is 1.76 bits per heavy atom. The van der Waals surface area contributed by atoms with Crippen LogP contribution in [-0.2, 0) is 0 Å². The maximum absolute atomic E-state index is 9.60. The Balaban J connectivity index is 1.41. The second kappa shape index (κ2) is 9.44. The first-order chi connectivity index (χ1) is 16.0. The van der Waals surface area contributed by atoms with Crippen LogP contribution in [0.2, 0.25) is 5.02 Å². The highest BCUT2D eigenvalue weighted by Crippen LogP contribution is 2.36. The van der Waals surface area contributed by atoms with E-state index < -0.39 is 8.38 Å². The van der Waals surface area contributed by atoms with Gasteiger partial charge in [-0.05, 0) is 66.6 Å². The summed E-state index contributed by atoms with van der Waals surface area (Å²) in [6.07, 6.45) is 6.56. The highest BCUT2D eigenvalue weighted by Gasteiger charge is 2.17. The molecule has 3 aromatic carbocycles. The Labute approximate surface area is 199 Å². The van der Waals surface area contributed by atoms with Crippen molar-refractivity contribution in [1.82, 2.24) is 9.97 Å². The fourth-order valence-corrected chi connectivity index (χ4v) is 5.53. The first kappa shape index (κ1) is 22.4. The van der Waals surface area contributed by atoms with Crippen molar-refractivity contribution in [3.05, 3.63) is 70.7 Å². The Morgan fingerprint density at radius 1 is 1.00 bits per heavy atom. The average Bonchev–Trinajstić information content (AvgIpc) is 3.21. The third kappa shape index (κ3) is 4.78. The van der Waals surface area contributed by atoms with Crippen LogP contribution < -0.4 is 10.0 Å². The largest absolute Gasteiger partial charge is 0.426 e. The van der Waals surface area contributed by atoms with Gasteiger partial charge in [0, 0.05) is 10.9 Å². The van der Waals surface area contributed by atoms with Crippen LogP contribution in [0.3, 0.4) is 0 Å². The lowest BCUT2D eigenvalue weighted by Crippen LogP contribution is -2.05. The summed E-state index contributed by atoms with van der Waals surface area (Å²) in [5.74, 6) is 1.15. The number of aromatic nitrogens is 2. The van der Waals surface area contributed by atoms with Gasteiger partial charge in [0.25, 0.3) is 6.01 Å². The molecule has 1 aromatic heterocycles. The number of rotatable bonds is 5. The van der Waals surface area contributed by atoms with Crippen molar-refractivity contribution < 1.29 is 14.5 Å². The predicted octanol–water partition coefficient (Wildman–Crippen LogP) is 6.95. The smallest absolute Gasteiger partial charge is 0.300 e. The molecule has 0 atom stereocenters. The van der Waals surface area contributed by atoms with Gasteiger partial charge in [-0.2, -0.15) is 4.98 Å². The van der Waals surface area contributed by atoms with E-state index in [-0.39, 0.29) is 0 Å². The molecule has 0 aliphatic heterocycles. The molecule has 1 fully saturated rings. The molecule has 170 valence electrons. The number of halogens is 1. The normalized spacial score (nSPS) is 14.8. The summed E-state index contributed by atoms with van der Waals surface area (Å²) in [5, 5.41) is 1.10. The Kier molecular flexibility index (Phi) is 6.40.